The number of benzene rings is 3. The molecule has 0 aliphatic rings. The maximum Gasteiger partial charge on any atom is 0.00576 e. The molecule has 3 aromatic rings. The fraction of sp³-hybridized carbons (Fsp3) is 0.469. The van der Waals surface area contributed by atoms with Gasteiger partial charge in [-0.2, -0.15) is 0 Å². The van der Waals surface area contributed by atoms with Crippen LogP contribution in [0, 0.1) is 59.3 Å². The molecule has 0 heteroatoms. The third-order valence-electron chi connectivity index (χ3n) is 7.27. The van der Waals surface area contributed by atoms with Crippen molar-refractivity contribution in [2.45, 2.75) is 150 Å². The first-order chi connectivity index (χ1) is 23.2. The van der Waals surface area contributed by atoms with E-state index < -0.39 is 0 Å². The molecule has 0 aromatic heterocycles. The van der Waals surface area contributed by atoms with Crippen molar-refractivity contribution in [3.05, 3.63) is 136 Å². The topological polar surface area (TPSA) is 0 Å². The first-order valence-electron chi connectivity index (χ1n) is 18.4. The second kappa shape index (κ2) is 38.7. The molecule has 0 atom stereocenters. The molecule has 49 heavy (non-hydrogen) atoms. The fourth-order valence-electron chi connectivity index (χ4n) is 3.45. The lowest BCUT2D eigenvalue weighted by molar-refractivity contribution is 0.311. The minimum Gasteiger partial charge on any atom is -0.133 e. The molecule has 0 saturated carbocycles. The zero-order chi connectivity index (χ0) is 39.3. The summed E-state index contributed by atoms with van der Waals surface area (Å²) in [5.41, 5.74) is 16.4. The zero-order valence-electron chi connectivity index (χ0n) is 35.5. The molecular weight excluding hydrogens is 589 g/mol. The highest BCUT2D eigenvalue weighted by molar-refractivity contribution is 5.65. The van der Waals surface area contributed by atoms with E-state index in [1.54, 1.807) is 6.08 Å². The molecule has 0 bridgehead atoms. The molecule has 0 radical (unpaired) electrons. The number of allylic oxidation sites excluding steroid dienone is 2. The molecule has 0 spiro atoms. The third-order valence-corrected chi connectivity index (χ3v) is 7.27. The van der Waals surface area contributed by atoms with E-state index in [0.717, 1.165) is 12.0 Å². The van der Waals surface area contributed by atoms with Crippen molar-refractivity contribution in [1.82, 2.24) is 0 Å². The molecule has 0 heterocycles. The highest BCUT2D eigenvalue weighted by atomic mass is 14.2. The minimum absolute atomic E-state index is 0.593. The average molecular weight is 667 g/mol. The van der Waals surface area contributed by atoms with Gasteiger partial charge >= 0.3 is 0 Å². The maximum absolute atomic E-state index is 4.78. The number of hydrogen-bond acceptors (Lipinski definition) is 0. The monoisotopic (exact) mass is 667 g/mol. The summed E-state index contributed by atoms with van der Waals surface area (Å²) in [5, 5.41) is 0. The van der Waals surface area contributed by atoms with Gasteiger partial charge in [0.05, 0.1) is 0 Å². The molecule has 0 unspecified atom stereocenters. The van der Waals surface area contributed by atoms with Gasteiger partial charge in [0.1, 0.15) is 0 Å². The van der Waals surface area contributed by atoms with Gasteiger partial charge in [-0.05, 0) is 101 Å². The first kappa shape index (κ1) is 54.7. The minimum atomic E-state index is 0.593. The Balaban J connectivity index is -0.000000159. The Labute approximate surface area is 308 Å². The standard InChI is InChI=1S/C11H12.C9H12.C9H20.C8H10.2C4H6.2C2H6/c1-4-9(2)11-8-6-5-7-10(11)3;1-7-4-5-8(2)9(3)6-7;1-5-7-8-9(3,4)6-2;1-7-3-5-8(2)6-4-7;2*1-3-4-2;2*1-2/h5-8H,1H2,2-3H3;4-6H,1-3H3;5-8H2,1-4H3;3-6H,1-2H3;4H,1H2,2H3;1H,4H2,2H3;2*1-2H3. The van der Waals surface area contributed by atoms with Gasteiger partial charge in [-0.25, -0.2) is 0 Å². The summed E-state index contributed by atoms with van der Waals surface area (Å²) in [6.45, 7) is 42.7. The van der Waals surface area contributed by atoms with Crippen LogP contribution >= 0.6 is 0 Å². The zero-order valence-corrected chi connectivity index (χ0v) is 35.5. The van der Waals surface area contributed by atoms with E-state index in [2.05, 4.69) is 154 Å². The molecule has 0 amide bonds. The number of hydrogen-bond donors (Lipinski definition) is 0. The number of terminal acetylenes is 1. The molecule has 3 rings (SSSR count). The van der Waals surface area contributed by atoms with Crippen LogP contribution in [0.3, 0.4) is 0 Å². The van der Waals surface area contributed by atoms with Gasteiger partial charge < -0.3 is 0 Å². The van der Waals surface area contributed by atoms with Gasteiger partial charge in [0.2, 0.25) is 0 Å². The summed E-state index contributed by atoms with van der Waals surface area (Å²) >= 11 is 0. The summed E-state index contributed by atoms with van der Waals surface area (Å²) in [7, 11) is 0. The highest BCUT2D eigenvalue weighted by Crippen LogP contribution is 2.26. The predicted molar refractivity (Wildman–Crippen MR) is 231 cm³/mol. The summed E-state index contributed by atoms with van der Waals surface area (Å²) in [6, 6.07) is 23.2. The molecule has 0 N–H and O–H groups in total. The molecule has 274 valence electrons. The van der Waals surface area contributed by atoms with Crippen molar-refractivity contribution >= 4 is 5.57 Å². The third kappa shape index (κ3) is 36.9. The van der Waals surface area contributed by atoms with Crippen molar-refractivity contribution in [3.8, 4) is 12.3 Å². The largest absolute Gasteiger partial charge is 0.133 e. The Kier molecular flexibility index (Phi) is 43.2. The maximum atomic E-state index is 4.78. The van der Waals surface area contributed by atoms with Crippen molar-refractivity contribution < 1.29 is 0 Å². The Bertz CT molecular complexity index is 1270. The van der Waals surface area contributed by atoms with Crippen LogP contribution in [0.1, 0.15) is 147 Å². The van der Waals surface area contributed by atoms with Crippen molar-refractivity contribution in [3.63, 3.8) is 0 Å². The highest BCUT2D eigenvalue weighted by Gasteiger charge is 2.12. The van der Waals surface area contributed by atoms with Gasteiger partial charge in [-0.15, -0.1) is 23.8 Å². The van der Waals surface area contributed by atoms with Crippen molar-refractivity contribution in [2.75, 3.05) is 0 Å². The second-order valence-corrected chi connectivity index (χ2v) is 12.0. The van der Waals surface area contributed by atoms with Crippen LogP contribution in [-0.2, 0) is 0 Å². The van der Waals surface area contributed by atoms with E-state index in [1.807, 2.05) is 60.6 Å². The lowest BCUT2D eigenvalue weighted by Gasteiger charge is -2.21. The van der Waals surface area contributed by atoms with Crippen LogP contribution in [0.2, 0.25) is 0 Å². The second-order valence-electron chi connectivity index (χ2n) is 12.0. The first-order valence-corrected chi connectivity index (χ1v) is 18.4. The summed E-state index contributed by atoms with van der Waals surface area (Å²) in [5.74, 6) is 2.43. The van der Waals surface area contributed by atoms with E-state index in [9.17, 15) is 0 Å². The van der Waals surface area contributed by atoms with Gasteiger partial charge in [-0.1, -0.05) is 178 Å². The molecule has 0 aliphatic carbocycles. The molecule has 3 aromatic carbocycles. The van der Waals surface area contributed by atoms with Crippen LogP contribution in [0.25, 0.3) is 5.57 Å². The Morgan fingerprint density at radius 3 is 1.45 bits per heavy atom. The predicted octanol–water partition coefficient (Wildman–Crippen LogP) is 16.1. The van der Waals surface area contributed by atoms with Gasteiger partial charge in [0.25, 0.3) is 0 Å². The molecule has 0 saturated heterocycles. The fourth-order valence-corrected chi connectivity index (χ4v) is 3.45. The smallest absolute Gasteiger partial charge is 0.00576 e. The van der Waals surface area contributed by atoms with Crippen LogP contribution in [0.5, 0.6) is 0 Å². The van der Waals surface area contributed by atoms with E-state index >= 15 is 0 Å². The normalized spacial score (nSPS) is 8.49. The molecule has 0 aliphatic heterocycles. The Morgan fingerprint density at radius 1 is 0.714 bits per heavy atom. The van der Waals surface area contributed by atoms with E-state index in [-0.39, 0.29) is 0 Å². The summed E-state index contributed by atoms with van der Waals surface area (Å²) in [6.07, 6.45) is 12.8. The van der Waals surface area contributed by atoms with Crippen molar-refractivity contribution in [2.24, 2.45) is 5.41 Å². The van der Waals surface area contributed by atoms with Gasteiger partial charge in [-0.3, -0.25) is 0 Å². The SMILES string of the molecule is C#CCC.C=C=C(C)c1ccccc1C.C=C=CC.CC.CC.CCCCC(C)(C)CC.Cc1ccc(C)c(C)c1.Cc1ccc(C)cc1. The van der Waals surface area contributed by atoms with Crippen LogP contribution in [0.4, 0.5) is 0 Å². The van der Waals surface area contributed by atoms with E-state index in [1.165, 1.54) is 64.6 Å². The van der Waals surface area contributed by atoms with Crippen LogP contribution in [0.15, 0.2) is 97.4 Å². The summed E-state index contributed by atoms with van der Waals surface area (Å²) in [4.78, 5) is 0. The van der Waals surface area contributed by atoms with E-state index in [4.69, 9.17) is 6.42 Å². The average Bonchev–Trinajstić information content (AvgIpc) is 3.13. The number of unbranched alkanes of at least 4 members (excludes halogenated alkanes) is 1. The van der Waals surface area contributed by atoms with Gasteiger partial charge in [0.15, 0.2) is 0 Å². The molecular formula is C49H78. The summed E-state index contributed by atoms with van der Waals surface area (Å²) < 4.78 is 0. The quantitative estimate of drug-likeness (QED) is 0.188. The molecule has 0 fully saturated rings. The van der Waals surface area contributed by atoms with E-state index in [0.29, 0.717) is 5.41 Å². The van der Waals surface area contributed by atoms with Crippen LogP contribution in [-0.4, -0.2) is 0 Å². The van der Waals surface area contributed by atoms with Gasteiger partial charge in [0, 0.05) is 6.42 Å². The number of rotatable bonds is 5. The number of aryl methyl sites for hydroxylation is 6. The molecule has 0 nitrogen and oxygen atoms in total. The van der Waals surface area contributed by atoms with Crippen LogP contribution < -0.4 is 0 Å². The lowest BCUT2D eigenvalue weighted by Crippen LogP contribution is -2.08. The van der Waals surface area contributed by atoms with Crippen molar-refractivity contribution in [1.29, 1.82) is 0 Å². The lowest BCUT2D eigenvalue weighted by atomic mass is 9.85. The Morgan fingerprint density at radius 2 is 1.14 bits per heavy atom. The Hall–Kier alpha value is -3.74.